The first-order valence-corrected chi connectivity index (χ1v) is 6.78. The van der Waals surface area contributed by atoms with Crippen LogP contribution in [0.1, 0.15) is 17.2 Å². The summed E-state index contributed by atoms with van der Waals surface area (Å²) in [6.07, 6.45) is 1.15. The number of nitrogens with one attached hydrogen (secondary N) is 1. The molecule has 0 saturated carbocycles. The Morgan fingerprint density at radius 1 is 1.50 bits per heavy atom. The molecule has 1 heterocycles. The summed E-state index contributed by atoms with van der Waals surface area (Å²) in [6.45, 7) is 2.89. The van der Waals surface area contributed by atoms with Crippen LogP contribution >= 0.6 is 11.6 Å². The van der Waals surface area contributed by atoms with Gasteiger partial charge in [-0.3, -0.25) is 0 Å². The number of hydrogen-bond acceptors (Lipinski definition) is 3. The molecule has 2 unspecified atom stereocenters. The van der Waals surface area contributed by atoms with E-state index in [0.29, 0.717) is 6.61 Å². The van der Waals surface area contributed by atoms with E-state index in [1.54, 1.807) is 7.11 Å². The van der Waals surface area contributed by atoms with Gasteiger partial charge >= 0.3 is 0 Å². The van der Waals surface area contributed by atoms with Gasteiger partial charge in [0.15, 0.2) is 0 Å². The van der Waals surface area contributed by atoms with Gasteiger partial charge in [0.1, 0.15) is 0 Å². The van der Waals surface area contributed by atoms with E-state index in [-0.39, 0.29) is 11.5 Å². The molecule has 18 heavy (non-hydrogen) atoms. The van der Waals surface area contributed by atoms with E-state index in [4.69, 9.17) is 21.1 Å². The van der Waals surface area contributed by atoms with Crippen molar-refractivity contribution in [1.29, 1.82) is 0 Å². The van der Waals surface area contributed by atoms with Crippen LogP contribution in [0.4, 0.5) is 0 Å². The highest BCUT2D eigenvalue weighted by molar-refractivity contribution is 6.20. The minimum Gasteiger partial charge on any atom is -0.383 e. The molecule has 0 fully saturated rings. The van der Waals surface area contributed by atoms with Gasteiger partial charge < -0.3 is 14.8 Å². The Kier molecular flexibility index (Phi) is 5.45. The molecule has 0 amide bonds. The van der Waals surface area contributed by atoms with Crippen molar-refractivity contribution in [3.8, 4) is 0 Å². The lowest BCUT2D eigenvalue weighted by Crippen LogP contribution is -2.32. The van der Waals surface area contributed by atoms with Gasteiger partial charge in [-0.15, -0.1) is 11.6 Å². The molecule has 1 aromatic rings. The van der Waals surface area contributed by atoms with E-state index in [9.17, 15) is 0 Å². The van der Waals surface area contributed by atoms with Crippen LogP contribution in [0, 0.1) is 0 Å². The van der Waals surface area contributed by atoms with E-state index in [2.05, 4.69) is 29.6 Å². The lowest BCUT2D eigenvalue weighted by Gasteiger charge is -2.26. The SMILES string of the molecule is COCC(Cl)CNCC1OCCc2ccccc21. The number of fused-ring (bicyclic) bond motifs is 1. The van der Waals surface area contributed by atoms with Crippen molar-refractivity contribution >= 4 is 11.6 Å². The number of benzene rings is 1. The molecular formula is C14H20ClNO2. The van der Waals surface area contributed by atoms with Crippen LogP contribution in [0.3, 0.4) is 0 Å². The molecule has 0 bridgehead atoms. The van der Waals surface area contributed by atoms with E-state index in [1.165, 1.54) is 11.1 Å². The first kappa shape index (κ1) is 13.8. The third-order valence-corrected chi connectivity index (χ3v) is 3.42. The van der Waals surface area contributed by atoms with Gasteiger partial charge in [0.2, 0.25) is 0 Å². The molecule has 3 nitrogen and oxygen atoms in total. The highest BCUT2D eigenvalue weighted by Crippen LogP contribution is 2.26. The maximum absolute atomic E-state index is 6.07. The largest absolute Gasteiger partial charge is 0.383 e. The minimum absolute atomic E-state index is 0.00818. The van der Waals surface area contributed by atoms with Gasteiger partial charge in [-0.1, -0.05) is 24.3 Å². The number of alkyl halides is 1. The highest BCUT2D eigenvalue weighted by atomic mass is 35.5. The van der Waals surface area contributed by atoms with Gasteiger partial charge in [-0.25, -0.2) is 0 Å². The first-order valence-electron chi connectivity index (χ1n) is 6.34. The number of ether oxygens (including phenoxy) is 2. The second-order valence-corrected chi connectivity index (χ2v) is 5.14. The van der Waals surface area contributed by atoms with Crippen molar-refractivity contribution < 1.29 is 9.47 Å². The predicted octanol–water partition coefficient (Wildman–Crippen LogP) is 2.14. The summed E-state index contributed by atoms with van der Waals surface area (Å²) in [4.78, 5) is 0. The number of hydrogen-bond donors (Lipinski definition) is 1. The van der Waals surface area contributed by atoms with Crippen LogP contribution in [-0.4, -0.2) is 38.8 Å². The van der Waals surface area contributed by atoms with Crippen molar-refractivity contribution in [1.82, 2.24) is 5.32 Å². The summed E-state index contributed by atoms with van der Waals surface area (Å²) in [5.74, 6) is 0. The third kappa shape index (κ3) is 3.69. The molecule has 0 spiro atoms. The van der Waals surface area contributed by atoms with Crippen molar-refractivity contribution in [2.24, 2.45) is 0 Å². The van der Waals surface area contributed by atoms with Crippen LogP contribution in [0.25, 0.3) is 0 Å². The van der Waals surface area contributed by atoms with Gasteiger partial charge in [-0.2, -0.15) is 0 Å². The summed E-state index contributed by atoms with van der Waals surface area (Å²) >= 11 is 6.07. The summed E-state index contributed by atoms with van der Waals surface area (Å²) in [6, 6.07) is 8.48. The zero-order valence-corrected chi connectivity index (χ0v) is 11.5. The average molecular weight is 270 g/mol. The quantitative estimate of drug-likeness (QED) is 0.803. The molecule has 1 aromatic carbocycles. The molecule has 2 atom stereocenters. The Morgan fingerprint density at radius 3 is 3.17 bits per heavy atom. The van der Waals surface area contributed by atoms with Gasteiger partial charge in [0.05, 0.1) is 24.7 Å². The van der Waals surface area contributed by atoms with Crippen LogP contribution in [0.5, 0.6) is 0 Å². The van der Waals surface area contributed by atoms with E-state index >= 15 is 0 Å². The van der Waals surface area contributed by atoms with E-state index in [0.717, 1.165) is 26.1 Å². The molecule has 4 heteroatoms. The van der Waals surface area contributed by atoms with Crippen molar-refractivity contribution in [2.45, 2.75) is 17.9 Å². The normalized spacial score (nSPS) is 20.4. The van der Waals surface area contributed by atoms with Gasteiger partial charge in [-0.05, 0) is 17.5 Å². The van der Waals surface area contributed by atoms with Crippen LogP contribution < -0.4 is 5.32 Å². The maximum atomic E-state index is 6.07. The summed E-state index contributed by atoms with van der Waals surface area (Å²) in [5.41, 5.74) is 2.70. The topological polar surface area (TPSA) is 30.5 Å². The highest BCUT2D eigenvalue weighted by Gasteiger charge is 2.20. The average Bonchev–Trinajstić information content (AvgIpc) is 2.39. The van der Waals surface area contributed by atoms with Gasteiger partial charge in [0, 0.05) is 20.2 Å². The molecule has 0 radical (unpaired) electrons. The summed E-state index contributed by atoms with van der Waals surface area (Å²) in [5, 5.41) is 3.35. The van der Waals surface area contributed by atoms with Crippen LogP contribution in [-0.2, 0) is 15.9 Å². The molecule has 0 aliphatic carbocycles. The van der Waals surface area contributed by atoms with Crippen molar-refractivity contribution in [2.75, 3.05) is 33.4 Å². The number of rotatable bonds is 6. The Bertz CT molecular complexity index is 373. The Hall–Kier alpha value is -0.610. The lowest BCUT2D eigenvalue weighted by atomic mass is 9.97. The second kappa shape index (κ2) is 7.10. The predicted molar refractivity (Wildman–Crippen MR) is 73.2 cm³/mol. The maximum Gasteiger partial charge on any atom is 0.0952 e. The fourth-order valence-electron chi connectivity index (χ4n) is 2.26. The van der Waals surface area contributed by atoms with Gasteiger partial charge in [0.25, 0.3) is 0 Å². The van der Waals surface area contributed by atoms with Crippen molar-refractivity contribution in [3.05, 3.63) is 35.4 Å². The van der Waals surface area contributed by atoms with Crippen LogP contribution in [0.2, 0.25) is 0 Å². The zero-order chi connectivity index (χ0) is 12.8. The molecule has 100 valence electrons. The first-order chi connectivity index (χ1) is 8.81. The zero-order valence-electron chi connectivity index (χ0n) is 10.7. The van der Waals surface area contributed by atoms with E-state index in [1.807, 2.05) is 0 Å². The van der Waals surface area contributed by atoms with E-state index < -0.39 is 0 Å². The third-order valence-electron chi connectivity index (χ3n) is 3.14. The summed E-state index contributed by atoms with van der Waals surface area (Å²) in [7, 11) is 1.66. The fourth-order valence-corrected chi connectivity index (χ4v) is 2.49. The lowest BCUT2D eigenvalue weighted by molar-refractivity contribution is 0.0423. The summed E-state index contributed by atoms with van der Waals surface area (Å²) < 4.78 is 10.8. The molecule has 0 saturated heterocycles. The molecule has 1 N–H and O–H groups in total. The Balaban J connectivity index is 1.84. The molecular weight excluding hydrogens is 250 g/mol. The minimum atomic E-state index is 0.00818. The Morgan fingerprint density at radius 2 is 2.33 bits per heavy atom. The Labute approximate surface area is 113 Å². The van der Waals surface area contributed by atoms with Crippen molar-refractivity contribution in [3.63, 3.8) is 0 Å². The van der Waals surface area contributed by atoms with Crippen LogP contribution in [0.15, 0.2) is 24.3 Å². The molecule has 1 aliphatic rings. The monoisotopic (exact) mass is 269 g/mol. The molecule has 2 rings (SSSR count). The smallest absolute Gasteiger partial charge is 0.0952 e. The molecule has 0 aromatic heterocycles. The number of methoxy groups -OCH3 is 1. The second-order valence-electron chi connectivity index (χ2n) is 4.52. The molecule has 1 aliphatic heterocycles. The number of halogens is 1. The standard InChI is InChI=1S/C14H20ClNO2/c1-17-10-12(15)8-16-9-14-13-5-3-2-4-11(13)6-7-18-14/h2-5,12,14,16H,6-10H2,1H3. The fraction of sp³-hybridized carbons (Fsp3) is 0.571.